The summed E-state index contributed by atoms with van der Waals surface area (Å²) in [6, 6.07) is 4.55. The number of carbonyl (C=O) groups excluding carboxylic acids is 1. The van der Waals surface area contributed by atoms with Gasteiger partial charge in [-0.05, 0) is 37.8 Å². The van der Waals surface area contributed by atoms with Gasteiger partial charge in [0.25, 0.3) is 5.91 Å². The van der Waals surface area contributed by atoms with Crippen LogP contribution in [0.25, 0.3) is 0 Å². The molecule has 1 aromatic carbocycles. The second-order valence-electron chi connectivity index (χ2n) is 5.31. The lowest BCUT2D eigenvalue weighted by molar-refractivity contribution is 0.0672. The van der Waals surface area contributed by atoms with Crippen LogP contribution in [-0.4, -0.2) is 37.0 Å². The van der Waals surface area contributed by atoms with Gasteiger partial charge in [-0.15, -0.1) is 12.4 Å². The fraction of sp³-hybridized carbons (Fsp3) is 0.533. The molecule has 2 rings (SSSR count). The maximum atomic E-state index is 13.9. The van der Waals surface area contributed by atoms with Gasteiger partial charge in [0.2, 0.25) is 0 Å². The number of hydrogen-bond donors (Lipinski definition) is 1. The number of nitrogens with zero attached hydrogens (tertiary/aromatic N) is 1. The van der Waals surface area contributed by atoms with Crippen LogP contribution in [0, 0.1) is 11.7 Å². The van der Waals surface area contributed by atoms with Crippen molar-refractivity contribution < 1.29 is 13.9 Å². The first-order valence-electron chi connectivity index (χ1n) is 6.92. The summed E-state index contributed by atoms with van der Waals surface area (Å²) in [6.45, 7) is 3.22. The summed E-state index contributed by atoms with van der Waals surface area (Å²) in [7, 11) is 1.44. The minimum Gasteiger partial charge on any atom is -0.496 e. The van der Waals surface area contributed by atoms with Crippen LogP contribution in [-0.2, 0) is 0 Å². The molecule has 2 N–H and O–H groups in total. The molecule has 21 heavy (non-hydrogen) atoms. The van der Waals surface area contributed by atoms with Gasteiger partial charge < -0.3 is 15.4 Å². The molecular formula is C15H22ClFN2O2. The van der Waals surface area contributed by atoms with E-state index in [0.29, 0.717) is 19.0 Å². The van der Waals surface area contributed by atoms with Crippen LogP contribution in [0.1, 0.15) is 30.1 Å². The Hall–Kier alpha value is -1.33. The summed E-state index contributed by atoms with van der Waals surface area (Å²) in [5.41, 5.74) is 5.91. The number of amides is 1. The SMILES string of the molecule is COc1cccc(F)c1C(=O)N1CCC(C(C)N)CC1.Cl. The predicted molar refractivity (Wildman–Crippen MR) is 82.5 cm³/mol. The highest BCUT2D eigenvalue weighted by Crippen LogP contribution is 2.26. The van der Waals surface area contributed by atoms with Gasteiger partial charge in [-0.25, -0.2) is 4.39 Å². The number of halogens is 2. The van der Waals surface area contributed by atoms with Crippen molar-refractivity contribution in [3.63, 3.8) is 0 Å². The zero-order valence-electron chi connectivity index (χ0n) is 12.3. The molecule has 0 aromatic heterocycles. The van der Waals surface area contributed by atoms with Crippen LogP contribution < -0.4 is 10.5 Å². The largest absolute Gasteiger partial charge is 0.496 e. The lowest BCUT2D eigenvalue weighted by atomic mass is 9.90. The first-order chi connectivity index (χ1) is 9.54. The second kappa shape index (κ2) is 7.61. The Morgan fingerprint density at radius 3 is 2.57 bits per heavy atom. The Morgan fingerprint density at radius 1 is 1.43 bits per heavy atom. The van der Waals surface area contributed by atoms with Gasteiger partial charge in [-0.2, -0.15) is 0 Å². The fourth-order valence-electron chi connectivity index (χ4n) is 2.67. The number of methoxy groups -OCH3 is 1. The monoisotopic (exact) mass is 316 g/mol. The Labute approximate surface area is 130 Å². The lowest BCUT2D eigenvalue weighted by Gasteiger charge is -2.34. The van der Waals surface area contributed by atoms with Gasteiger partial charge in [0.05, 0.1) is 7.11 Å². The first-order valence-corrected chi connectivity index (χ1v) is 6.92. The van der Waals surface area contributed by atoms with Crippen LogP contribution in [0.5, 0.6) is 5.75 Å². The van der Waals surface area contributed by atoms with Gasteiger partial charge in [-0.3, -0.25) is 4.79 Å². The number of rotatable bonds is 3. The third kappa shape index (κ3) is 3.86. The minimum absolute atomic E-state index is 0. The van der Waals surface area contributed by atoms with E-state index in [1.807, 2.05) is 6.92 Å². The molecule has 6 heteroatoms. The molecule has 4 nitrogen and oxygen atoms in total. The van der Waals surface area contributed by atoms with Crippen molar-refractivity contribution in [3.05, 3.63) is 29.6 Å². The Kier molecular flexibility index (Phi) is 6.42. The molecule has 1 heterocycles. The number of hydrogen-bond acceptors (Lipinski definition) is 3. The van der Waals surface area contributed by atoms with E-state index in [-0.39, 0.29) is 35.7 Å². The Bertz CT molecular complexity index is 489. The molecule has 1 aliphatic rings. The number of nitrogens with two attached hydrogens (primary N) is 1. The first kappa shape index (κ1) is 17.7. The standard InChI is InChI=1S/C15H21FN2O2.ClH/c1-10(17)11-6-8-18(9-7-11)15(19)14-12(16)4-3-5-13(14)20-2;/h3-5,10-11H,6-9,17H2,1-2H3;1H. The maximum absolute atomic E-state index is 13.9. The van der Waals surface area contributed by atoms with Crippen LogP contribution in [0.3, 0.4) is 0 Å². The summed E-state index contributed by atoms with van der Waals surface area (Å²) in [6.07, 6.45) is 1.72. The number of carbonyl (C=O) groups is 1. The van der Waals surface area contributed by atoms with E-state index in [1.165, 1.54) is 19.2 Å². The zero-order chi connectivity index (χ0) is 14.7. The highest BCUT2D eigenvalue weighted by Gasteiger charge is 2.28. The van der Waals surface area contributed by atoms with E-state index < -0.39 is 5.82 Å². The average molecular weight is 317 g/mol. The minimum atomic E-state index is -0.538. The summed E-state index contributed by atoms with van der Waals surface area (Å²) >= 11 is 0. The molecule has 1 unspecified atom stereocenters. The van der Waals surface area contributed by atoms with Gasteiger partial charge in [0, 0.05) is 19.1 Å². The van der Waals surface area contributed by atoms with Crippen molar-refractivity contribution in [1.82, 2.24) is 4.90 Å². The van der Waals surface area contributed by atoms with E-state index >= 15 is 0 Å². The Balaban J connectivity index is 0.00000220. The highest BCUT2D eigenvalue weighted by atomic mass is 35.5. The summed E-state index contributed by atoms with van der Waals surface area (Å²) < 4.78 is 19.0. The predicted octanol–water partition coefficient (Wildman–Crippen LogP) is 2.46. The number of piperidine rings is 1. The summed E-state index contributed by atoms with van der Waals surface area (Å²) in [5.74, 6) is -0.127. The van der Waals surface area contributed by atoms with Crippen molar-refractivity contribution in [3.8, 4) is 5.75 Å². The number of ether oxygens (including phenoxy) is 1. The number of benzene rings is 1. The Morgan fingerprint density at radius 2 is 2.05 bits per heavy atom. The van der Waals surface area contributed by atoms with Gasteiger partial charge in [0.15, 0.2) is 0 Å². The molecular weight excluding hydrogens is 295 g/mol. The van der Waals surface area contributed by atoms with Gasteiger partial charge in [0.1, 0.15) is 17.1 Å². The summed E-state index contributed by atoms with van der Waals surface area (Å²) in [5, 5.41) is 0. The fourth-order valence-corrected chi connectivity index (χ4v) is 2.67. The van der Waals surface area contributed by atoms with Crippen molar-refractivity contribution in [2.45, 2.75) is 25.8 Å². The van der Waals surface area contributed by atoms with E-state index in [9.17, 15) is 9.18 Å². The van der Waals surface area contributed by atoms with Crippen LogP contribution in [0.4, 0.5) is 4.39 Å². The molecule has 1 amide bonds. The molecule has 1 aliphatic heterocycles. The second-order valence-corrected chi connectivity index (χ2v) is 5.31. The maximum Gasteiger partial charge on any atom is 0.260 e. The van der Waals surface area contributed by atoms with Crippen LogP contribution in [0.15, 0.2) is 18.2 Å². The summed E-state index contributed by atoms with van der Waals surface area (Å²) in [4.78, 5) is 14.1. The molecule has 0 saturated carbocycles. The topological polar surface area (TPSA) is 55.6 Å². The molecule has 0 aliphatic carbocycles. The van der Waals surface area contributed by atoms with E-state index in [0.717, 1.165) is 12.8 Å². The smallest absolute Gasteiger partial charge is 0.260 e. The molecule has 0 bridgehead atoms. The van der Waals surface area contributed by atoms with E-state index in [2.05, 4.69) is 0 Å². The van der Waals surface area contributed by atoms with Crippen molar-refractivity contribution >= 4 is 18.3 Å². The van der Waals surface area contributed by atoms with E-state index in [4.69, 9.17) is 10.5 Å². The average Bonchev–Trinajstić information content (AvgIpc) is 2.46. The van der Waals surface area contributed by atoms with Crippen LogP contribution in [0.2, 0.25) is 0 Å². The number of likely N-dealkylation sites (tertiary alicyclic amines) is 1. The van der Waals surface area contributed by atoms with Crippen LogP contribution >= 0.6 is 12.4 Å². The van der Waals surface area contributed by atoms with Crippen molar-refractivity contribution in [2.75, 3.05) is 20.2 Å². The molecule has 1 aromatic rings. The van der Waals surface area contributed by atoms with Gasteiger partial charge in [-0.1, -0.05) is 6.07 Å². The van der Waals surface area contributed by atoms with Crippen molar-refractivity contribution in [1.29, 1.82) is 0 Å². The highest BCUT2D eigenvalue weighted by molar-refractivity contribution is 5.97. The van der Waals surface area contributed by atoms with Gasteiger partial charge >= 0.3 is 0 Å². The molecule has 0 spiro atoms. The quantitative estimate of drug-likeness (QED) is 0.932. The molecule has 1 atom stereocenters. The third-order valence-corrected chi connectivity index (χ3v) is 3.98. The normalized spacial score (nSPS) is 17.0. The zero-order valence-corrected chi connectivity index (χ0v) is 13.2. The molecule has 1 saturated heterocycles. The lowest BCUT2D eigenvalue weighted by Crippen LogP contribution is -2.42. The van der Waals surface area contributed by atoms with Crippen molar-refractivity contribution in [2.24, 2.45) is 11.7 Å². The molecule has 118 valence electrons. The molecule has 1 fully saturated rings. The third-order valence-electron chi connectivity index (χ3n) is 3.98. The molecule has 0 radical (unpaired) electrons. The van der Waals surface area contributed by atoms with E-state index in [1.54, 1.807) is 11.0 Å².